The summed E-state index contributed by atoms with van der Waals surface area (Å²) in [6.45, 7) is 3.59. The molecule has 2 fully saturated rings. The zero-order valence-corrected chi connectivity index (χ0v) is 13.0. The Bertz CT molecular complexity index is 452. The SMILES string of the molecule is O=C(CCCN1CCC2(CCCC2)CC1)c1ccccc1. The van der Waals surface area contributed by atoms with E-state index in [1.54, 1.807) is 0 Å². The number of rotatable bonds is 5. The number of likely N-dealkylation sites (tertiary alicyclic amines) is 1. The first kappa shape index (κ1) is 14.8. The number of benzene rings is 1. The fourth-order valence-electron chi connectivity index (χ4n) is 4.11. The molecule has 1 aliphatic carbocycles. The van der Waals surface area contributed by atoms with Crippen molar-refractivity contribution in [3.63, 3.8) is 0 Å². The van der Waals surface area contributed by atoms with Crippen LogP contribution in [0.1, 0.15) is 61.7 Å². The second-order valence-corrected chi connectivity index (χ2v) is 6.94. The third-order valence-corrected chi connectivity index (χ3v) is 5.55. The van der Waals surface area contributed by atoms with Crippen molar-refractivity contribution < 1.29 is 4.79 Å². The number of ketones is 1. The maximum atomic E-state index is 12.1. The molecule has 0 N–H and O–H groups in total. The fourth-order valence-corrected chi connectivity index (χ4v) is 4.11. The van der Waals surface area contributed by atoms with Gasteiger partial charge in [0, 0.05) is 12.0 Å². The summed E-state index contributed by atoms with van der Waals surface area (Å²) in [7, 11) is 0. The molecular weight excluding hydrogens is 258 g/mol. The van der Waals surface area contributed by atoms with Crippen molar-refractivity contribution in [2.24, 2.45) is 5.41 Å². The van der Waals surface area contributed by atoms with Gasteiger partial charge in [-0.15, -0.1) is 0 Å². The lowest BCUT2D eigenvalue weighted by Gasteiger charge is -2.39. The molecule has 0 amide bonds. The molecule has 0 radical (unpaired) electrons. The van der Waals surface area contributed by atoms with Gasteiger partial charge in [0.15, 0.2) is 5.78 Å². The van der Waals surface area contributed by atoms with E-state index in [0.717, 1.165) is 18.5 Å². The number of hydrogen-bond donors (Lipinski definition) is 0. The Hall–Kier alpha value is -1.15. The van der Waals surface area contributed by atoms with Gasteiger partial charge in [-0.1, -0.05) is 43.2 Å². The second-order valence-electron chi connectivity index (χ2n) is 6.94. The van der Waals surface area contributed by atoms with E-state index in [9.17, 15) is 4.79 Å². The van der Waals surface area contributed by atoms with Gasteiger partial charge in [0.2, 0.25) is 0 Å². The van der Waals surface area contributed by atoms with Crippen LogP contribution in [0.2, 0.25) is 0 Å². The van der Waals surface area contributed by atoms with Crippen LogP contribution in [-0.2, 0) is 0 Å². The summed E-state index contributed by atoms with van der Waals surface area (Å²) in [6, 6.07) is 9.70. The summed E-state index contributed by atoms with van der Waals surface area (Å²) in [6.07, 6.45) is 10.3. The number of piperidine rings is 1. The maximum absolute atomic E-state index is 12.1. The van der Waals surface area contributed by atoms with Crippen molar-refractivity contribution in [1.82, 2.24) is 4.90 Å². The summed E-state index contributed by atoms with van der Waals surface area (Å²) < 4.78 is 0. The van der Waals surface area contributed by atoms with Crippen molar-refractivity contribution in [1.29, 1.82) is 0 Å². The molecule has 114 valence electrons. The molecule has 0 aromatic heterocycles. The Kier molecular flexibility index (Phi) is 4.74. The summed E-state index contributed by atoms with van der Waals surface area (Å²) in [5.74, 6) is 0.292. The van der Waals surface area contributed by atoms with Gasteiger partial charge in [-0.25, -0.2) is 0 Å². The van der Waals surface area contributed by atoms with Gasteiger partial charge < -0.3 is 4.90 Å². The molecular formula is C19H27NO. The van der Waals surface area contributed by atoms with E-state index in [1.807, 2.05) is 30.3 Å². The van der Waals surface area contributed by atoms with Crippen LogP contribution in [0.25, 0.3) is 0 Å². The zero-order chi connectivity index (χ0) is 14.5. The van der Waals surface area contributed by atoms with Crippen LogP contribution in [0.3, 0.4) is 0 Å². The molecule has 1 spiro atoms. The molecule has 0 atom stereocenters. The number of carbonyl (C=O) groups is 1. The van der Waals surface area contributed by atoms with E-state index in [4.69, 9.17) is 0 Å². The van der Waals surface area contributed by atoms with Gasteiger partial charge >= 0.3 is 0 Å². The third-order valence-electron chi connectivity index (χ3n) is 5.55. The Morgan fingerprint density at radius 1 is 1.00 bits per heavy atom. The van der Waals surface area contributed by atoms with E-state index in [2.05, 4.69) is 4.90 Å². The standard InChI is InChI=1S/C19H27NO/c21-18(17-7-2-1-3-8-17)9-6-14-20-15-12-19(13-16-20)10-4-5-11-19/h1-3,7-8H,4-6,9-16H2. The van der Waals surface area contributed by atoms with E-state index in [0.29, 0.717) is 17.6 Å². The summed E-state index contributed by atoms with van der Waals surface area (Å²) in [5, 5.41) is 0. The monoisotopic (exact) mass is 285 g/mol. The van der Waals surface area contributed by atoms with Crippen molar-refractivity contribution in [2.45, 2.75) is 51.4 Å². The van der Waals surface area contributed by atoms with Gasteiger partial charge in [0.05, 0.1) is 0 Å². The molecule has 21 heavy (non-hydrogen) atoms. The molecule has 2 aliphatic rings. The highest BCUT2D eigenvalue weighted by Crippen LogP contribution is 2.46. The van der Waals surface area contributed by atoms with Gasteiger partial charge in [-0.3, -0.25) is 4.79 Å². The van der Waals surface area contributed by atoms with Crippen LogP contribution in [0.5, 0.6) is 0 Å². The highest BCUT2D eigenvalue weighted by molar-refractivity contribution is 5.95. The lowest BCUT2D eigenvalue weighted by Crippen LogP contribution is -2.39. The minimum absolute atomic E-state index is 0.292. The van der Waals surface area contributed by atoms with E-state index < -0.39 is 0 Å². The first-order valence-electron chi connectivity index (χ1n) is 8.58. The number of hydrogen-bond acceptors (Lipinski definition) is 2. The molecule has 3 rings (SSSR count). The highest BCUT2D eigenvalue weighted by atomic mass is 16.1. The number of carbonyl (C=O) groups excluding carboxylic acids is 1. The molecule has 2 nitrogen and oxygen atoms in total. The van der Waals surface area contributed by atoms with Gasteiger partial charge in [0.1, 0.15) is 0 Å². The number of nitrogens with zero attached hydrogens (tertiary/aromatic N) is 1. The minimum Gasteiger partial charge on any atom is -0.303 e. The van der Waals surface area contributed by atoms with Crippen LogP contribution < -0.4 is 0 Å². The summed E-state index contributed by atoms with van der Waals surface area (Å²) in [4.78, 5) is 14.6. The lowest BCUT2D eigenvalue weighted by molar-refractivity contribution is 0.0936. The molecule has 1 heterocycles. The molecule has 1 aliphatic heterocycles. The summed E-state index contributed by atoms with van der Waals surface area (Å²) in [5.41, 5.74) is 1.57. The molecule has 1 saturated heterocycles. The fraction of sp³-hybridized carbons (Fsp3) is 0.632. The quantitative estimate of drug-likeness (QED) is 0.752. The maximum Gasteiger partial charge on any atom is 0.162 e. The average Bonchev–Trinajstić information content (AvgIpc) is 2.98. The molecule has 1 aromatic rings. The van der Waals surface area contributed by atoms with E-state index in [1.165, 1.54) is 51.6 Å². The normalized spacial score (nSPS) is 21.7. The Morgan fingerprint density at radius 3 is 2.33 bits per heavy atom. The predicted molar refractivity (Wildman–Crippen MR) is 86.6 cm³/mol. The van der Waals surface area contributed by atoms with Crippen LogP contribution in [0.4, 0.5) is 0 Å². The molecule has 1 aromatic carbocycles. The van der Waals surface area contributed by atoms with Crippen molar-refractivity contribution in [2.75, 3.05) is 19.6 Å². The Balaban J connectivity index is 1.38. The summed E-state index contributed by atoms with van der Waals surface area (Å²) >= 11 is 0. The predicted octanol–water partition coefficient (Wildman–Crippen LogP) is 4.31. The van der Waals surface area contributed by atoms with Gasteiger partial charge in [0.25, 0.3) is 0 Å². The Labute approximate surface area is 128 Å². The van der Waals surface area contributed by atoms with Crippen LogP contribution in [0.15, 0.2) is 30.3 Å². The van der Waals surface area contributed by atoms with Gasteiger partial charge in [-0.05, 0) is 57.2 Å². The van der Waals surface area contributed by atoms with Crippen LogP contribution >= 0.6 is 0 Å². The smallest absolute Gasteiger partial charge is 0.162 e. The van der Waals surface area contributed by atoms with E-state index >= 15 is 0 Å². The van der Waals surface area contributed by atoms with Crippen molar-refractivity contribution >= 4 is 5.78 Å². The molecule has 1 saturated carbocycles. The molecule has 0 unspecified atom stereocenters. The topological polar surface area (TPSA) is 20.3 Å². The lowest BCUT2D eigenvalue weighted by atomic mass is 9.77. The minimum atomic E-state index is 0.292. The largest absolute Gasteiger partial charge is 0.303 e. The van der Waals surface area contributed by atoms with Gasteiger partial charge in [-0.2, -0.15) is 0 Å². The third kappa shape index (κ3) is 3.74. The zero-order valence-electron chi connectivity index (χ0n) is 13.0. The molecule has 2 heteroatoms. The first-order chi connectivity index (χ1) is 10.3. The highest BCUT2D eigenvalue weighted by Gasteiger charge is 2.36. The number of Topliss-reactive ketones (excluding diaryl/α,β-unsaturated/α-hetero) is 1. The average molecular weight is 285 g/mol. The first-order valence-corrected chi connectivity index (χ1v) is 8.58. The van der Waals surface area contributed by atoms with E-state index in [-0.39, 0.29) is 0 Å². The molecule has 0 bridgehead atoms. The van der Waals surface area contributed by atoms with Crippen LogP contribution in [0, 0.1) is 5.41 Å². The second kappa shape index (κ2) is 6.74. The Morgan fingerprint density at radius 2 is 1.67 bits per heavy atom. The van der Waals surface area contributed by atoms with Crippen molar-refractivity contribution in [3.8, 4) is 0 Å². The van der Waals surface area contributed by atoms with Crippen LogP contribution in [-0.4, -0.2) is 30.3 Å². The van der Waals surface area contributed by atoms with Crippen molar-refractivity contribution in [3.05, 3.63) is 35.9 Å².